The van der Waals surface area contributed by atoms with Crippen LogP contribution in [0.5, 0.6) is 5.75 Å². The van der Waals surface area contributed by atoms with Crippen molar-refractivity contribution in [2.75, 3.05) is 14.2 Å². The highest BCUT2D eigenvalue weighted by Gasteiger charge is 2.66. The molecule has 6 rings (SSSR count). The predicted molar refractivity (Wildman–Crippen MR) is 206 cm³/mol. The number of Topliss-reactive ketones (excluding diaryl/α,β-unsaturated/α-hetero) is 1. The highest BCUT2D eigenvalue weighted by atomic mass is 16.7. The number of rotatable bonds is 6. The van der Waals surface area contributed by atoms with E-state index in [9.17, 15) is 29.7 Å². The number of ether oxygens (including phenoxy) is 7. The monoisotopic (exact) mass is 798 g/mol. The summed E-state index contributed by atoms with van der Waals surface area (Å²) in [4.78, 5) is 40.9. The average molecular weight is 799 g/mol. The second-order valence-electron chi connectivity index (χ2n) is 17.5. The molecule has 6 bridgehead atoms. The van der Waals surface area contributed by atoms with Crippen LogP contribution in [-0.2, 0) is 49.4 Å². The Morgan fingerprint density at radius 2 is 1.61 bits per heavy atom. The Bertz CT molecular complexity index is 1690. The van der Waals surface area contributed by atoms with E-state index in [4.69, 9.17) is 33.2 Å². The van der Waals surface area contributed by atoms with Gasteiger partial charge in [-0.25, -0.2) is 4.79 Å². The van der Waals surface area contributed by atoms with Crippen LogP contribution in [0.2, 0.25) is 0 Å². The number of fused-ring (bicyclic) bond motifs is 8. The molecule has 13 nitrogen and oxygen atoms in total. The minimum Gasteiger partial charge on any atom is -0.497 e. The summed E-state index contributed by atoms with van der Waals surface area (Å²) in [5.74, 6) is -8.95. The maximum atomic E-state index is 14.2. The van der Waals surface area contributed by atoms with E-state index in [-0.39, 0.29) is 44.5 Å². The molecule has 4 saturated heterocycles. The van der Waals surface area contributed by atoms with Gasteiger partial charge in [0.15, 0.2) is 11.6 Å². The van der Waals surface area contributed by atoms with Crippen LogP contribution in [-0.4, -0.2) is 101 Å². The summed E-state index contributed by atoms with van der Waals surface area (Å²) in [5.41, 5.74) is 0.742. The standard InChI is InChI=1S/C44H62O13/c1-24(2)17-32-20-35-26(4)37(54-32)22-44(50)40-39(46)25(3)15-16-42(40,48)27(5)33(56-44)13-14-34(53-23-29-9-11-31(51-7)12-10-29)36-18-30(19-38(45)52-8)21-43(49,57-36)28(6)41(47)55-35/h9-12,17,19,25-28,32-37,40,48-50H,13-16,18,20-23H2,1-8H3/b30-19+/t25-,26+,27-,28-,32-,33-,34-,35+,36-,37+,40-,42-,43+,44+/m1/s1. The zero-order chi connectivity index (χ0) is 41.4. The van der Waals surface area contributed by atoms with Gasteiger partial charge >= 0.3 is 11.9 Å². The number of benzene rings is 1. The van der Waals surface area contributed by atoms with Crippen molar-refractivity contribution in [1.82, 2.24) is 0 Å². The molecule has 0 radical (unpaired) electrons. The summed E-state index contributed by atoms with van der Waals surface area (Å²) in [6.45, 7) is 11.1. The lowest BCUT2D eigenvalue weighted by molar-refractivity contribution is -0.355. The van der Waals surface area contributed by atoms with Crippen LogP contribution < -0.4 is 4.74 Å². The van der Waals surface area contributed by atoms with Crippen molar-refractivity contribution in [3.63, 3.8) is 0 Å². The number of aliphatic hydroxyl groups is 3. The van der Waals surface area contributed by atoms with Gasteiger partial charge in [-0.1, -0.05) is 50.1 Å². The minimum absolute atomic E-state index is 0.145. The van der Waals surface area contributed by atoms with Crippen LogP contribution in [0.4, 0.5) is 0 Å². The lowest BCUT2D eigenvalue weighted by Gasteiger charge is -2.58. The van der Waals surface area contributed by atoms with Gasteiger partial charge < -0.3 is 48.5 Å². The number of ketones is 1. The van der Waals surface area contributed by atoms with Crippen LogP contribution in [0.3, 0.4) is 0 Å². The fourth-order valence-corrected chi connectivity index (χ4v) is 9.71. The van der Waals surface area contributed by atoms with Crippen molar-refractivity contribution in [2.24, 2.45) is 29.6 Å². The Kier molecular flexibility index (Phi) is 13.1. The number of carbonyl (C=O) groups is 3. The Hall–Kier alpha value is -3.17. The molecule has 14 atom stereocenters. The first-order valence-corrected chi connectivity index (χ1v) is 20.5. The van der Waals surface area contributed by atoms with Gasteiger partial charge in [-0.15, -0.1) is 0 Å². The maximum Gasteiger partial charge on any atom is 0.330 e. The number of carbonyl (C=O) groups excluding carboxylic acids is 3. The third kappa shape index (κ3) is 9.05. The smallest absolute Gasteiger partial charge is 0.330 e. The maximum absolute atomic E-state index is 14.2. The molecule has 5 aliphatic rings. The molecule has 4 aliphatic heterocycles. The van der Waals surface area contributed by atoms with E-state index >= 15 is 0 Å². The lowest BCUT2D eigenvalue weighted by atomic mass is 9.58. The number of methoxy groups -OCH3 is 2. The highest BCUT2D eigenvalue weighted by molar-refractivity contribution is 5.86. The van der Waals surface area contributed by atoms with Crippen LogP contribution >= 0.6 is 0 Å². The molecule has 57 heavy (non-hydrogen) atoms. The van der Waals surface area contributed by atoms with Gasteiger partial charge in [0.25, 0.3) is 0 Å². The van der Waals surface area contributed by atoms with Crippen LogP contribution in [0, 0.1) is 29.6 Å². The second kappa shape index (κ2) is 17.2. The van der Waals surface area contributed by atoms with E-state index in [1.807, 2.05) is 65.0 Å². The van der Waals surface area contributed by atoms with Gasteiger partial charge in [0.1, 0.15) is 29.5 Å². The largest absolute Gasteiger partial charge is 0.497 e. The zero-order valence-electron chi connectivity index (χ0n) is 34.6. The molecule has 5 fully saturated rings. The summed E-state index contributed by atoms with van der Waals surface area (Å²) < 4.78 is 43.0. The number of esters is 2. The molecule has 0 aromatic heterocycles. The molecule has 0 amide bonds. The predicted octanol–water partition coefficient (Wildman–Crippen LogP) is 5.11. The molecule has 4 heterocycles. The molecule has 316 valence electrons. The molecule has 0 unspecified atom stereocenters. The molecule has 3 N–H and O–H groups in total. The minimum atomic E-state index is -2.11. The van der Waals surface area contributed by atoms with Gasteiger partial charge in [0.05, 0.1) is 56.9 Å². The first kappa shape index (κ1) is 43.4. The Morgan fingerprint density at radius 1 is 0.912 bits per heavy atom. The third-order valence-electron chi connectivity index (χ3n) is 13.3. The average Bonchev–Trinajstić information content (AvgIpc) is 3.16. The highest BCUT2D eigenvalue weighted by Crippen LogP contribution is 2.54. The first-order valence-electron chi connectivity index (χ1n) is 20.5. The summed E-state index contributed by atoms with van der Waals surface area (Å²) >= 11 is 0. The number of hydrogen-bond acceptors (Lipinski definition) is 13. The van der Waals surface area contributed by atoms with Crippen molar-refractivity contribution in [3.05, 3.63) is 53.1 Å². The van der Waals surface area contributed by atoms with Crippen LogP contribution in [0.1, 0.15) is 98.5 Å². The molecule has 1 aromatic rings. The fourth-order valence-electron chi connectivity index (χ4n) is 9.71. The van der Waals surface area contributed by atoms with Gasteiger partial charge in [-0.2, -0.15) is 0 Å². The normalized spacial score (nSPS) is 42.0. The second-order valence-corrected chi connectivity index (χ2v) is 17.5. The Morgan fingerprint density at radius 3 is 2.28 bits per heavy atom. The summed E-state index contributed by atoms with van der Waals surface area (Å²) in [7, 11) is 2.85. The van der Waals surface area contributed by atoms with Crippen molar-refractivity contribution in [3.8, 4) is 5.75 Å². The van der Waals surface area contributed by atoms with Crippen LogP contribution in [0.25, 0.3) is 0 Å². The van der Waals surface area contributed by atoms with E-state index in [1.165, 1.54) is 13.2 Å². The molecule has 0 spiro atoms. The van der Waals surface area contributed by atoms with Crippen molar-refractivity contribution in [2.45, 2.75) is 153 Å². The van der Waals surface area contributed by atoms with Crippen LogP contribution in [0.15, 0.2) is 47.6 Å². The van der Waals surface area contributed by atoms with Crippen molar-refractivity contribution < 1.29 is 62.9 Å². The van der Waals surface area contributed by atoms with E-state index < -0.39 is 95.3 Å². The van der Waals surface area contributed by atoms with Gasteiger partial charge in [0, 0.05) is 43.1 Å². The molecular formula is C44H62O13. The van der Waals surface area contributed by atoms with Gasteiger partial charge in [-0.05, 0) is 70.6 Å². The Balaban J connectivity index is 1.44. The van der Waals surface area contributed by atoms with Crippen molar-refractivity contribution >= 4 is 17.7 Å². The van der Waals surface area contributed by atoms with Crippen molar-refractivity contribution in [1.29, 1.82) is 0 Å². The first-order chi connectivity index (χ1) is 26.9. The number of hydrogen-bond donors (Lipinski definition) is 3. The van der Waals surface area contributed by atoms with Gasteiger partial charge in [-0.3, -0.25) is 9.59 Å². The van der Waals surface area contributed by atoms with Gasteiger partial charge in [0.2, 0.25) is 0 Å². The number of allylic oxidation sites excluding steroid dienone is 1. The topological polar surface area (TPSA) is 177 Å². The molecule has 1 aliphatic carbocycles. The van der Waals surface area contributed by atoms with E-state index in [2.05, 4.69) is 0 Å². The zero-order valence-corrected chi connectivity index (χ0v) is 34.6. The van der Waals surface area contributed by atoms with E-state index in [0.29, 0.717) is 30.6 Å². The quantitative estimate of drug-likeness (QED) is 0.197. The third-order valence-corrected chi connectivity index (χ3v) is 13.3. The summed E-state index contributed by atoms with van der Waals surface area (Å²) in [6, 6.07) is 7.39. The van der Waals surface area contributed by atoms with E-state index in [1.54, 1.807) is 14.0 Å². The molecule has 1 saturated carbocycles. The molecule has 13 heteroatoms. The fraction of sp³-hybridized carbons (Fsp3) is 0.705. The SMILES string of the molecule is COC(=O)/C=C1\C[C@H]2O[C@@](O)(C1)[C@H](C)C(=O)O[C@H]1C[C@@H](C=C(C)C)O[C@@H](C[C@]3(O)O[C@H](CC[C@H]2OCc2ccc(OC)cc2)[C@@H](C)[C@]2(O)CC[C@@H](C)C(=O)[C@H]23)[C@H]1C. The lowest BCUT2D eigenvalue weighted by Crippen LogP contribution is -2.70. The Labute approximate surface area is 336 Å². The molecular weight excluding hydrogens is 736 g/mol. The molecule has 1 aromatic carbocycles. The summed E-state index contributed by atoms with van der Waals surface area (Å²) in [5, 5.41) is 37.7. The summed E-state index contributed by atoms with van der Waals surface area (Å²) in [6.07, 6.45) is 0.429. The van der Waals surface area contributed by atoms with E-state index in [0.717, 1.165) is 11.1 Å².